The second kappa shape index (κ2) is 7.45. The number of thioether (sulfide) groups is 1. The molecule has 0 bridgehead atoms. The van der Waals surface area contributed by atoms with Crippen LogP contribution in [-0.4, -0.2) is 16.7 Å². The highest BCUT2D eigenvalue weighted by Gasteiger charge is 2.04. The number of nitrogens with zero attached hydrogens (tertiary/aromatic N) is 2. The van der Waals surface area contributed by atoms with Crippen LogP contribution in [0.25, 0.3) is 0 Å². The smallest absolute Gasteiger partial charge is 0.236 e. The summed E-state index contributed by atoms with van der Waals surface area (Å²) in [6.45, 7) is 8.21. The number of aryl methyl sites for hydroxylation is 1. The van der Waals surface area contributed by atoms with Crippen molar-refractivity contribution in [2.45, 2.75) is 38.0 Å². The number of aromatic nitrogens is 2. The monoisotopic (exact) mass is 291 g/mol. The van der Waals surface area contributed by atoms with Crippen LogP contribution in [0.5, 0.6) is 0 Å². The quantitative estimate of drug-likeness (QED) is 0.792. The van der Waals surface area contributed by atoms with E-state index in [1.165, 1.54) is 10.5 Å². The molecule has 20 heavy (non-hydrogen) atoms. The SMILES string of the molecule is Cc1noc(CSc2cccc(CNCC(C)C)c2)n1. The van der Waals surface area contributed by atoms with E-state index in [-0.39, 0.29) is 0 Å². The third-order valence-corrected chi connectivity index (χ3v) is 3.69. The Balaban J connectivity index is 1.85. The summed E-state index contributed by atoms with van der Waals surface area (Å²) in [5, 5.41) is 7.25. The Morgan fingerprint density at radius 1 is 1.35 bits per heavy atom. The van der Waals surface area contributed by atoms with Gasteiger partial charge in [-0.3, -0.25) is 0 Å². The zero-order valence-electron chi connectivity index (χ0n) is 12.2. The maximum absolute atomic E-state index is 5.11. The first-order valence-electron chi connectivity index (χ1n) is 6.85. The van der Waals surface area contributed by atoms with Gasteiger partial charge in [-0.25, -0.2) is 0 Å². The zero-order valence-corrected chi connectivity index (χ0v) is 13.0. The molecule has 0 atom stereocenters. The lowest BCUT2D eigenvalue weighted by molar-refractivity contribution is 0.387. The Labute approximate surface area is 124 Å². The molecule has 0 unspecified atom stereocenters. The van der Waals surface area contributed by atoms with Gasteiger partial charge in [0.15, 0.2) is 5.82 Å². The molecular formula is C15H21N3OS. The van der Waals surface area contributed by atoms with Crippen molar-refractivity contribution in [2.24, 2.45) is 5.92 Å². The van der Waals surface area contributed by atoms with Crippen LogP contribution in [0.2, 0.25) is 0 Å². The van der Waals surface area contributed by atoms with E-state index in [9.17, 15) is 0 Å². The molecule has 5 heteroatoms. The molecule has 1 N–H and O–H groups in total. The average molecular weight is 291 g/mol. The van der Waals surface area contributed by atoms with Crippen molar-refractivity contribution in [2.75, 3.05) is 6.54 Å². The minimum atomic E-state index is 0.674. The summed E-state index contributed by atoms with van der Waals surface area (Å²) in [5.74, 6) is 2.75. The van der Waals surface area contributed by atoms with E-state index in [0.29, 0.717) is 23.4 Å². The Morgan fingerprint density at radius 2 is 2.20 bits per heavy atom. The maximum Gasteiger partial charge on any atom is 0.236 e. The highest BCUT2D eigenvalue weighted by molar-refractivity contribution is 7.98. The molecule has 2 aromatic rings. The lowest BCUT2D eigenvalue weighted by atomic mass is 10.2. The van der Waals surface area contributed by atoms with Gasteiger partial charge in [0.2, 0.25) is 5.89 Å². The molecular weight excluding hydrogens is 270 g/mol. The van der Waals surface area contributed by atoms with Crippen LogP contribution in [-0.2, 0) is 12.3 Å². The van der Waals surface area contributed by atoms with E-state index in [0.717, 1.165) is 13.1 Å². The fourth-order valence-corrected chi connectivity index (χ4v) is 2.61. The molecule has 0 aliphatic rings. The van der Waals surface area contributed by atoms with Gasteiger partial charge >= 0.3 is 0 Å². The summed E-state index contributed by atoms with van der Waals surface area (Å²) >= 11 is 1.72. The van der Waals surface area contributed by atoms with Crippen LogP contribution < -0.4 is 5.32 Å². The molecule has 0 saturated carbocycles. The minimum Gasteiger partial charge on any atom is -0.338 e. The number of hydrogen-bond acceptors (Lipinski definition) is 5. The first-order valence-corrected chi connectivity index (χ1v) is 7.83. The molecule has 0 spiro atoms. The predicted molar refractivity (Wildman–Crippen MR) is 81.6 cm³/mol. The standard InChI is InChI=1S/C15H21N3OS/c1-11(2)8-16-9-13-5-4-6-14(7-13)20-10-15-17-12(3)18-19-15/h4-7,11,16H,8-10H2,1-3H3. The van der Waals surface area contributed by atoms with Crippen LogP contribution >= 0.6 is 11.8 Å². The lowest BCUT2D eigenvalue weighted by Gasteiger charge is -2.08. The van der Waals surface area contributed by atoms with E-state index >= 15 is 0 Å². The summed E-state index contributed by atoms with van der Waals surface area (Å²) in [7, 11) is 0. The van der Waals surface area contributed by atoms with Gasteiger partial charge in [-0.05, 0) is 37.1 Å². The second-order valence-electron chi connectivity index (χ2n) is 5.20. The first-order chi connectivity index (χ1) is 9.63. The van der Waals surface area contributed by atoms with Crippen LogP contribution in [0.15, 0.2) is 33.7 Å². The predicted octanol–water partition coefficient (Wildman–Crippen LogP) is 3.42. The van der Waals surface area contributed by atoms with Crippen molar-refractivity contribution in [1.29, 1.82) is 0 Å². The molecule has 1 aromatic carbocycles. The Hall–Kier alpha value is -1.33. The summed E-state index contributed by atoms with van der Waals surface area (Å²) in [4.78, 5) is 5.43. The number of rotatable bonds is 7. The normalized spacial score (nSPS) is 11.2. The van der Waals surface area contributed by atoms with Gasteiger partial charge in [0.25, 0.3) is 0 Å². The molecule has 0 aliphatic carbocycles. The highest BCUT2D eigenvalue weighted by Crippen LogP contribution is 2.22. The molecule has 1 heterocycles. The molecule has 0 amide bonds. The van der Waals surface area contributed by atoms with E-state index in [2.05, 4.69) is 53.6 Å². The van der Waals surface area contributed by atoms with Gasteiger partial charge in [-0.15, -0.1) is 11.8 Å². The van der Waals surface area contributed by atoms with Crippen LogP contribution in [0.1, 0.15) is 31.1 Å². The van der Waals surface area contributed by atoms with Gasteiger partial charge < -0.3 is 9.84 Å². The van der Waals surface area contributed by atoms with Crippen molar-refractivity contribution in [3.8, 4) is 0 Å². The van der Waals surface area contributed by atoms with Crippen molar-refractivity contribution in [1.82, 2.24) is 15.5 Å². The molecule has 0 saturated heterocycles. The molecule has 1 aromatic heterocycles. The van der Waals surface area contributed by atoms with Crippen LogP contribution in [0, 0.1) is 12.8 Å². The lowest BCUT2D eigenvalue weighted by Crippen LogP contribution is -2.18. The highest BCUT2D eigenvalue weighted by atomic mass is 32.2. The summed E-state index contributed by atoms with van der Waals surface area (Å²) < 4.78 is 5.11. The summed E-state index contributed by atoms with van der Waals surface area (Å²) in [6.07, 6.45) is 0. The Bertz CT molecular complexity index is 539. The number of benzene rings is 1. The van der Waals surface area contributed by atoms with Gasteiger partial charge in [0, 0.05) is 11.4 Å². The molecule has 4 nitrogen and oxygen atoms in total. The Kier molecular flexibility index (Phi) is 5.61. The van der Waals surface area contributed by atoms with Gasteiger partial charge in [0.05, 0.1) is 5.75 Å². The second-order valence-corrected chi connectivity index (χ2v) is 6.24. The fourth-order valence-electron chi connectivity index (χ4n) is 1.79. The average Bonchev–Trinajstić information content (AvgIpc) is 2.82. The fraction of sp³-hybridized carbons (Fsp3) is 0.467. The number of hydrogen-bond donors (Lipinski definition) is 1. The largest absolute Gasteiger partial charge is 0.338 e. The summed E-state index contributed by atoms with van der Waals surface area (Å²) in [6, 6.07) is 8.56. The maximum atomic E-state index is 5.11. The van der Waals surface area contributed by atoms with Crippen molar-refractivity contribution in [3.63, 3.8) is 0 Å². The molecule has 0 radical (unpaired) electrons. The third kappa shape index (κ3) is 4.98. The van der Waals surface area contributed by atoms with Gasteiger partial charge in [0.1, 0.15) is 0 Å². The van der Waals surface area contributed by atoms with Gasteiger partial charge in [-0.1, -0.05) is 31.1 Å². The molecule has 0 fully saturated rings. The van der Waals surface area contributed by atoms with Gasteiger partial charge in [-0.2, -0.15) is 4.98 Å². The minimum absolute atomic E-state index is 0.674. The van der Waals surface area contributed by atoms with E-state index < -0.39 is 0 Å². The van der Waals surface area contributed by atoms with Crippen LogP contribution in [0.3, 0.4) is 0 Å². The van der Waals surface area contributed by atoms with E-state index in [1.807, 2.05) is 6.92 Å². The van der Waals surface area contributed by atoms with E-state index in [4.69, 9.17) is 4.52 Å². The third-order valence-electron chi connectivity index (χ3n) is 2.71. The zero-order chi connectivity index (χ0) is 14.4. The van der Waals surface area contributed by atoms with E-state index in [1.54, 1.807) is 11.8 Å². The first kappa shape index (κ1) is 15.1. The molecule has 2 rings (SSSR count). The van der Waals surface area contributed by atoms with Crippen molar-refractivity contribution < 1.29 is 4.52 Å². The summed E-state index contributed by atoms with van der Waals surface area (Å²) in [5.41, 5.74) is 1.30. The molecule has 108 valence electrons. The van der Waals surface area contributed by atoms with Crippen molar-refractivity contribution >= 4 is 11.8 Å². The molecule has 0 aliphatic heterocycles. The van der Waals surface area contributed by atoms with Crippen molar-refractivity contribution in [3.05, 3.63) is 41.5 Å². The van der Waals surface area contributed by atoms with Crippen LogP contribution in [0.4, 0.5) is 0 Å². The Morgan fingerprint density at radius 3 is 2.90 bits per heavy atom. The number of nitrogens with one attached hydrogen (secondary N) is 1. The topological polar surface area (TPSA) is 51.0 Å².